The van der Waals surface area contributed by atoms with E-state index < -0.39 is 5.91 Å². The van der Waals surface area contributed by atoms with E-state index in [9.17, 15) is 9.59 Å². The molecule has 0 aromatic heterocycles. The van der Waals surface area contributed by atoms with Gasteiger partial charge in [-0.1, -0.05) is 17.9 Å². The van der Waals surface area contributed by atoms with E-state index in [4.69, 9.17) is 10.8 Å². The zero-order valence-corrected chi connectivity index (χ0v) is 9.77. The maximum Gasteiger partial charge on any atom is 0.251 e. The van der Waals surface area contributed by atoms with Crippen molar-refractivity contribution in [3.63, 3.8) is 0 Å². The van der Waals surface area contributed by atoms with Crippen LogP contribution in [0.25, 0.3) is 0 Å². The van der Waals surface area contributed by atoms with Crippen molar-refractivity contribution < 1.29 is 14.7 Å². The number of carbonyl (C=O) groups excluding carboxylic acids is 2. The van der Waals surface area contributed by atoms with Gasteiger partial charge >= 0.3 is 0 Å². The van der Waals surface area contributed by atoms with E-state index in [0.717, 1.165) is 0 Å². The first kappa shape index (κ1) is 13.7. The highest BCUT2D eigenvalue weighted by Crippen LogP contribution is 2.04. The van der Waals surface area contributed by atoms with E-state index in [-0.39, 0.29) is 25.5 Å². The van der Waals surface area contributed by atoms with E-state index in [1.807, 2.05) is 0 Å². The van der Waals surface area contributed by atoms with Crippen LogP contribution in [-0.2, 0) is 4.79 Å². The lowest BCUT2D eigenvalue weighted by Gasteiger charge is -2.03. The predicted octanol–water partition coefficient (Wildman–Crippen LogP) is -0.364. The maximum absolute atomic E-state index is 11.7. The van der Waals surface area contributed by atoms with Crippen LogP contribution in [0.5, 0.6) is 0 Å². The van der Waals surface area contributed by atoms with Crippen LogP contribution in [0.4, 0.5) is 0 Å². The fraction of sp³-hybridized carbons (Fsp3) is 0.231. The second kappa shape index (κ2) is 7.09. The van der Waals surface area contributed by atoms with E-state index in [1.165, 1.54) is 0 Å². The molecule has 5 nitrogen and oxygen atoms in total. The number of rotatable bonds is 4. The van der Waals surface area contributed by atoms with Crippen LogP contribution in [0.1, 0.15) is 22.3 Å². The maximum atomic E-state index is 11.7. The summed E-state index contributed by atoms with van der Waals surface area (Å²) in [6.07, 6.45) is 0.107. The first-order valence-corrected chi connectivity index (χ1v) is 5.40. The van der Waals surface area contributed by atoms with Crippen LogP contribution < -0.4 is 11.1 Å². The lowest BCUT2D eigenvalue weighted by Crippen LogP contribution is -2.27. The van der Waals surface area contributed by atoms with Crippen molar-refractivity contribution in [2.45, 2.75) is 6.42 Å². The van der Waals surface area contributed by atoms with Crippen LogP contribution in [0.15, 0.2) is 24.3 Å². The minimum atomic E-state index is -0.460. The van der Waals surface area contributed by atoms with E-state index >= 15 is 0 Å². The van der Waals surface area contributed by atoms with Crippen LogP contribution in [0.3, 0.4) is 0 Å². The quantitative estimate of drug-likeness (QED) is 0.633. The van der Waals surface area contributed by atoms with Crippen LogP contribution in [0, 0.1) is 11.8 Å². The molecule has 0 aliphatic carbocycles. The lowest BCUT2D eigenvalue weighted by molar-refractivity contribution is -0.117. The summed E-state index contributed by atoms with van der Waals surface area (Å²) >= 11 is 0. The number of benzene rings is 1. The highest BCUT2D eigenvalue weighted by atomic mass is 16.2. The number of carbonyl (C=O) groups is 2. The van der Waals surface area contributed by atoms with Gasteiger partial charge in [0.15, 0.2) is 0 Å². The fourth-order valence-electron chi connectivity index (χ4n) is 1.28. The Labute approximate surface area is 105 Å². The molecule has 0 fully saturated rings. The molecule has 0 bridgehead atoms. The third-order valence-electron chi connectivity index (χ3n) is 2.09. The van der Waals surface area contributed by atoms with Crippen LogP contribution in [-0.4, -0.2) is 30.1 Å². The van der Waals surface area contributed by atoms with Gasteiger partial charge in [0.05, 0.1) is 0 Å². The number of nitrogens with two attached hydrogens (primary N) is 1. The molecule has 0 unspecified atom stereocenters. The Morgan fingerprint density at radius 2 is 2.17 bits per heavy atom. The van der Waals surface area contributed by atoms with Gasteiger partial charge in [-0.25, -0.2) is 0 Å². The highest BCUT2D eigenvalue weighted by molar-refractivity contribution is 5.94. The molecule has 0 radical (unpaired) electrons. The average Bonchev–Trinajstić information content (AvgIpc) is 2.36. The molecule has 18 heavy (non-hydrogen) atoms. The van der Waals surface area contributed by atoms with Gasteiger partial charge in [0.1, 0.15) is 6.61 Å². The van der Waals surface area contributed by atoms with Gasteiger partial charge < -0.3 is 16.2 Å². The number of amides is 2. The molecule has 94 valence electrons. The molecular weight excluding hydrogens is 232 g/mol. The highest BCUT2D eigenvalue weighted by Gasteiger charge is 2.05. The summed E-state index contributed by atoms with van der Waals surface area (Å²) in [5.41, 5.74) is 6.06. The molecule has 4 N–H and O–H groups in total. The number of hydrogen-bond donors (Lipinski definition) is 3. The van der Waals surface area contributed by atoms with Gasteiger partial charge in [-0.15, -0.1) is 0 Å². The van der Waals surface area contributed by atoms with Crippen molar-refractivity contribution in [3.8, 4) is 11.8 Å². The zero-order chi connectivity index (χ0) is 13.4. The Bertz CT molecular complexity index is 500. The van der Waals surface area contributed by atoms with Crippen molar-refractivity contribution >= 4 is 11.8 Å². The molecule has 0 aliphatic heterocycles. The van der Waals surface area contributed by atoms with Gasteiger partial charge in [-0.3, -0.25) is 9.59 Å². The van der Waals surface area contributed by atoms with Crippen LogP contribution >= 0.6 is 0 Å². The largest absolute Gasteiger partial charge is 0.384 e. The minimum Gasteiger partial charge on any atom is -0.384 e. The number of aliphatic hydroxyl groups is 1. The molecular formula is C13H14N2O3. The summed E-state index contributed by atoms with van der Waals surface area (Å²) in [6, 6.07) is 6.69. The van der Waals surface area contributed by atoms with Crippen molar-refractivity contribution in [1.29, 1.82) is 0 Å². The summed E-state index contributed by atoms with van der Waals surface area (Å²) in [7, 11) is 0. The summed E-state index contributed by atoms with van der Waals surface area (Å²) in [6.45, 7) is -0.0181. The summed E-state index contributed by atoms with van der Waals surface area (Å²) < 4.78 is 0. The first-order chi connectivity index (χ1) is 8.63. The van der Waals surface area contributed by atoms with Gasteiger partial charge in [-0.05, 0) is 18.2 Å². The molecule has 0 saturated carbocycles. The Morgan fingerprint density at radius 3 is 2.83 bits per heavy atom. The first-order valence-electron chi connectivity index (χ1n) is 5.40. The third kappa shape index (κ3) is 4.68. The number of primary amides is 1. The SMILES string of the molecule is NC(=O)CCNC(=O)c1cccc(C#CCO)c1. The van der Waals surface area contributed by atoms with E-state index in [0.29, 0.717) is 11.1 Å². The molecule has 1 aromatic carbocycles. The Morgan fingerprint density at radius 1 is 1.39 bits per heavy atom. The minimum absolute atomic E-state index is 0.107. The smallest absolute Gasteiger partial charge is 0.251 e. The second-order valence-corrected chi connectivity index (χ2v) is 3.51. The second-order valence-electron chi connectivity index (χ2n) is 3.51. The normalized spacial score (nSPS) is 9.17. The number of hydrogen-bond acceptors (Lipinski definition) is 3. The molecule has 1 aromatic rings. The molecule has 0 saturated heterocycles. The average molecular weight is 246 g/mol. The number of aliphatic hydroxyl groups excluding tert-OH is 1. The standard InChI is InChI=1S/C13H14N2O3/c14-12(17)6-7-15-13(18)11-5-1-3-10(9-11)4-2-8-16/h1,3,5,9,16H,6-8H2,(H2,14,17)(H,15,18). The topological polar surface area (TPSA) is 92.4 Å². The molecule has 0 aliphatic rings. The molecule has 2 amide bonds. The number of nitrogens with one attached hydrogen (secondary N) is 1. The van der Waals surface area contributed by atoms with Gasteiger partial charge in [0, 0.05) is 24.1 Å². The van der Waals surface area contributed by atoms with Crippen LogP contribution in [0.2, 0.25) is 0 Å². The van der Waals surface area contributed by atoms with E-state index in [1.54, 1.807) is 24.3 Å². The van der Waals surface area contributed by atoms with Gasteiger partial charge in [0.25, 0.3) is 5.91 Å². The van der Waals surface area contributed by atoms with Crippen molar-refractivity contribution in [2.24, 2.45) is 5.73 Å². The third-order valence-corrected chi connectivity index (χ3v) is 2.09. The van der Waals surface area contributed by atoms with Crippen molar-refractivity contribution in [2.75, 3.05) is 13.2 Å². The van der Waals surface area contributed by atoms with E-state index in [2.05, 4.69) is 17.2 Å². The molecule has 1 rings (SSSR count). The zero-order valence-electron chi connectivity index (χ0n) is 9.77. The Hall–Kier alpha value is -2.32. The monoisotopic (exact) mass is 246 g/mol. The van der Waals surface area contributed by atoms with Crippen molar-refractivity contribution in [1.82, 2.24) is 5.32 Å². The summed E-state index contributed by atoms with van der Waals surface area (Å²) in [4.78, 5) is 22.2. The molecule has 5 heteroatoms. The summed E-state index contributed by atoms with van der Waals surface area (Å²) in [5.74, 6) is 4.46. The van der Waals surface area contributed by atoms with Crippen molar-refractivity contribution in [3.05, 3.63) is 35.4 Å². The summed E-state index contributed by atoms with van der Waals surface area (Å²) in [5, 5.41) is 11.2. The van der Waals surface area contributed by atoms with Gasteiger partial charge in [0.2, 0.25) is 5.91 Å². The Kier molecular flexibility index (Phi) is 5.42. The molecule has 0 spiro atoms. The molecule has 0 heterocycles. The lowest BCUT2D eigenvalue weighted by atomic mass is 10.1. The molecule has 0 atom stereocenters. The van der Waals surface area contributed by atoms with Gasteiger partial charge in [-0.2, -0.15) is 0 Å². The fourth-order valence-corrected chi connectivity index (χ4v) is 1.28. The predicted molar refractivity (Wildman–Crippen MR) is 66.6 cm³/mol. The Balaban J connectivity index is 2.65.